The molecule has 114 valence electrons. The standard InChI is InChI=1S/C17H34O2/c1-6-19-17(12-10-16(4,5)11-13-17)15(18)9-7-8-14(2)3/h14-15,18H,6-13H2,1-5H3. The van der Waals surface area contributed by atoms with E-state index in [0.29, 0.717) is 12.0 Å². The van der Waals surface area contributed by atoms with Gasteiger partial charge in [0.25, 0.3) is 0 Å². The molecule has 0 aromatic heterocycles. The molecule has 1 rings (SSSR count). The van der Waals surface area contributed by atoms with Gasteiger partial charge in [0.2, 0.25) is 0 Å². The predicted octanol–water partition coefficient (Wildman–Crippen LogP) is 4.55. The van der Waals surface area contributed by atoms with Crippen molar-refractivity contribution in [2.45, 2.75) is 91.3 Å². The maximum Gasteiger partial charge on any atom is 0.0940 e. The first-order valence-corrected chi connectivity index (χ1v) is 8.13. The van der Waals surface area contributed by atoms with E-state index < -0.39 is 0 Å². The van der Waals surface area contributed by atoms with Crippen molar-refractivity contribution in [3.63, 3.8) is 0 Å². The molecule has 2 heteroatoms. The SMILES string of the molecule is CCOC1(C(O)CCCC(C)C)CCC(C)(C)CC1. The molecule has 1 aliphatic rings. The van der Waals surface area contributed by atoms with Gasteiger partial charge in [0.1, 0.15) is 0 Å². The Kier molecular flexibility index (Phi) is 6.32. The van der Waals surface area contributed by atoms with E-state index in [2.05, 4.69) is 27.7 Å². The molecule has 0 aromatic rings. The van der Waals surface area contributed by atoms with Crippen LogP contribution in [0.1, 0.15) is 79.6 Å². The van der Waals surface area contributed by atoms with Crippen LogP contribution in [-0.4, -0.2) is 23.4 Å². The van der Waals surface area contributed by atoms with Crippen LogP contribution in [0.3, 0.4) is 0 Å². The van der Waals surface area contributed by atoms with E-state index in [9.17, 15) is 5.11 Å². The van der Waals surface area contributed by atoms with Gasteiger partial charge in [0.05, 0.1) is 11.7 Å². The smallest absolute Gasteiger partial charge is 0.0940 e. The highest BCUT2D eigenvalue weighted by Gasteiger charge is 2.43. The summed E-state index contributed by atoms with van der Waals surface area (Å²) in [5.74, 6) is 0.723. The average Bonchev–Trinajstić information content (AvgIpc) is 2.32. The molecule has 0 heterocycles. The zero-order valence-corrected chi connectivity index (χ0v) is 13.7. The second kappa shape index (κ2) is 7.08. The minimum Gasteiger partial charge on any atom is -0.390 e. The fraction of sp³-hybridized carbons (Fsp3) is 1.00. The van der Waals surface area contributed by atoms with Crippen LogP contribution in [0.15, 0.2) is 0 Å². The normalized spacial score (nSPS) is 23.5. The summed E-state index contributed by atoms with van der Waals surface area (Å²) in [6.45, 7) is 11.9. The third-order valence-electron chi connectivity index (χ3n) is 4.75. The molecule has 0 aromatic carbocycles. The summed E-state index contributed by atoms with van der Waals surface area (Å²) in [5, 5.41) is 10.6. The molecule has 1 N–H and O–H groups in total. The number of aliphatic hydroxyl groups is 1. The molecule has 1 unspecified atom stereocenters. The lowest BCUT2D eigenvalue weighted by Gasteiger charge is -2.46. The second-order valence-electron chi connectivity index (χ2n) is 7.50. The van der Waals surface area contributed by atoms with Gasteiger partial charge in [0, 0.05) is 6.61 Å². The minimum absolute atomic E-state index is 0.263. The lowest BCUT2D eigenvalue weighted by molar-refractivity contribution is -0.153. The molecule has 0 amide bonds. The summed E-state index contributed by atoms with van der Waals surface area (Å²) in [4.78, 5) is 0. The van der Waals surface area contributed by atoms with E-state index in [4.69, 9.17) is 4.74 Å². The number of hydrogen-bond donors (Lipinski definition) is 1. The minimum atomic E-state index is -0.290. The third kappa shape index (κ3) is 5.07. The van der Waals surface area contributed by atoms with E-state index in [-0.39, 0.29) is 11.7 Å². The molecule has 1 saturated carbocycles. The Morgan fingerprint density at radius 2 is 1.63 bits per heavy atom. The average molecular weight is 270 g/mol. The fourth-order valence-electron chi connectivity index (χ4n) is 3.19. The van der Waals surface area contributed by atoms with Crippen LogP contribution < -0.4 is 0 Å². The highest BCUT2D eigenvalue weighted by Crippen LogP contribution is 2.44. The Morgan fingerprint density at radius 3 is 2.11 bits per heavy atom. The van der Waals surface area contributed by atoms with Crippen molar-refractivity contribution >= 4 is 0 Å². The second-order valence-corrected chi connectivity index (χ2v) is 7.50. The van der Waals surface area contributed by atoms with Crippen molar-refractivity contribution in [2.24, 2.45) is 11.3 Å². The first-order valence-electron chi connectivity index (χ1n) is 8.13. The van der Waals surface area contributed by atoms with Gasteiger partial charge in [-0.25, -0.2) is 0 Å². The molecule has 2 nitrogen and oxygen atoms in total. The number of ether oxygens (including phenoxy) is 1. The maximum atomic E-state index is 10.6. The topological polar surface area (TPSA) is 29.5 Å². The number of rotatable bonds is 7. The largest absolute Gasteiger partial charge is 0.390 e. The lowest BCUT2D eigenvalue weighted by Crippen LogP contribution is -2.49. The quantitative estimate of drug-likeness (QED) is 0.735. The molecule has 0 radical (unpaired) electrons. The van der Waals surface area contributed by atoms with Gasteiger partial charge in [-0.05, 0) is 50.4 Å². The Labute approximate surface area is 119 Å². The van der Waals surface area contributed by atoms with Crippen LogP contribution in [0.2, 0.25) is 0 Å². The molecule has 0 bridgehead atoms. The number of hydrogen-bond acceptors (Lipinski definition) is 2. The first-order chi connectivity index (χ1) is 8.81. The Morgan fingerprint density at radius 1 is 1.05 bits per heavy atom. The van der Waals surface area contributed by atoms with Crippen molar-refractivity contribution in [1.82, 2.24) is 0 Å². The number of aliphatic hydroxyl groups excluding tert-OH is 1. The van der Waals surface area contributed by atoms with E-state index in [1.54, 1.807) is 0 Å². The van der Waals surface area contributed by atoms with Crippen LogP contribution in [-0.2, 0) is 4.74 Å². The molecule has 0 saturated heterocycles. The molecule has 1 fully saturated rings. The van der Waals surface area contributed by atoms with Gasteiger partial charge in [-0.15, -0.1) is 0 Å². The van der Waals surface area contributed by atoms with Crippen LogP contribution >= 0.6 is 0 Å². The zero-order valence-electron chi connectivity index (χ0n) is 13.7. The summed E-state index contributed by atoms with van der Waals surface area (Å²) in [5.41, 5.74) is 0.152. The Hall–Kier alpha value is -0.0800. The molecule has 1 aliphatic carbocycles. The molecule has 19 heavy (non-hydrogen) atoms. The van der Waals surface area contributed by atoms with E-state index >= 15 is 0 Å². The predicted molar refractivity (Wildman–Crippen MR) is 81.3 cm³/mol. The summed E-state index contributed by atoms with van der Waals surface area (Å²) in [7, 11) is 0. The van der Waals surface area contributed by atoms with Gasteiger partial charge in [0.15, 0.2) is 0 Å². The van der Waals surface area contributed by atoms with E-state index in [1.807, 2.05) is 6.92 Å². The van der Waals surface area contributed by atoms with E-state index in [0.717, 1.165) is 44.4 Å². The highest BCUT2D eigenvalue weighted by molar-refractivity contribution is 4.95. The monoisotopic (exact) mass is 270 g/mol. The maximum absolute atomic E-state index is 10.6. The summed E-state index contributed by atoms with van der Waals surface area (Å²) >= 11 is 0. The third-order valence-corrected chi connectivity index (χ3v) is 4.75. The summed E-state index contributed by atoms with van der Waals surface area (Å²) < 4.78 is 6.03. The van der Waals surface area contributed by atoms with Crippen molar-refractivity contribution < 1.29 is 9.84 Å². The fourth-order valence-corrected chi connectivity index (χ4v) is 3.19. The van der Waals surface area contributed by atoms with Gasteiger partial charge >= 0.3 is 0 Å². The van der Waals surface area contributed by atoms with Gasteiger partial charge in [-0.3, -0.25) is 0 Å². The lowest BCUT2D eigenvalue weighted by atomic mass is 9.68. The highest BCUT2D eigenvalue weighted by atomic mass is 16.5. The van der Waals surface area contributed by atoms with Crippen LogP contribution in [0.5, 0.6) is 0 Å². The van der Waals surface area contributed by atoms with Gasteiger partial charge in [-0.1, -0.05) is 40.5 Å². The Bertz CT molecular complexity index is 248. The van der Waals surface area contributed by atoms with Crippen LogP contribution in [0.4, 0.5) is 0 Å². The zero-order chi connectivity index (χ0) is 14.5. The molecule has 0 aliphatic heterocycles. The van der Waals surface area contributed by atoms with E-state index in [1.165, 1.54) is 6.42 Å². The van der Waals surface area contributed by atoms with Crippen molar-refractivity contribution in [2.75, 3.05) is 6.61 Å². The first kappa shape index (κ1) is 17.0. The molecular weight excluding hydrogens is 236 g/mol. The van der Waals surface area contributed by atoms with Crippen LogP contribution in [0.25, 0.3) is 0 Å². The van der Waals surface area contributed by atoms with Crippen molar-refractivity contribution in [3.05, 3.63) is 0 Å². The molecular formula is C17H34O2. The van der Waals surface area contributed by atoms with Gasteiger partial charge in [-0.2, -0.15) is 0 Å². The van der Waals surface area contributed by atoms with Crippen molar-refractivity contribution in [3.8, 4) is 0 Å². The van der Waals surface area contributed by atoms with Crippen molar-refractivity contribution in [1.29, 1.82) is 0 Å². The Balaban J connectivity index is 2.56. The summed E-state index contributed by atoms with van der Waals surface area (Å²) in [6, 6.07) is 0. The molecule has 1 atom stereocenters. The van der Waals surface area contributed by atoms with Crippen LogP contribution in [0, 0.1) is 11.3 Å². The van der Waals surface area contributed by atoms with Gasteiger partial charge < -0.3 is 9.84 Å². The molecule has 0 spiro atoms. The summed E-state index contributed by atoms with van der Waals surface area (Å²) in [6.07, 6.45) is 7.25.